The first-order valence-corrected chi connectivity index (χ1v) is 9.95. The summed E-state index contributed by atoms with van der Waals surface area (Å²) in [7, 11) is 0. The lowest BCUT2D eigenvalue weighted by molar-refractivity contribution is -0.0112. The first-order chi connectivity index (χ1) is 11.9. The smallest absolute Gasteiger partial charge is 0.123 e. The Balaban J connectivity index is 0.00000169. The molecule has 3 nitrogen and oxygen atoms in total. The topological polar surface area (TPSA) is 30.5 Å². The lowest BCUT2D eigenvalue weighted by Crippen LogP contribution is -2.26. The Morgan fingerprint density at radius 3 is 2.54 bits per heavy atom. The van der Waals surface area contributed by atoms with Gasteiger partial charge in [-0.3, -0.25) is 0 Å². The molecule has 1 aromatic rings. The third-order valence-corrected chi connectivity index (χ3v) is 5.44. The minimum atomic E-state index is 0. The normalized spacial score (nSPS) is 20.7. The Morgan fingerprint density at radius 2 is 1.77 bits per heavy atom. The van der Waals surface area contributed by atoms with E-state index in [2.05, 4.69) is 29.6 Å². The summed E-state index contributed by atoms with van der Waals surface area (Å²) in [5.41, 5.74) is 1.26. The quantitative estimate of drug-likeness (QED) is 0.579. The molecule has 1 N–H and O–H groups in total. The SMILES string of the molecule is C.Cl.c1ccc(OCC2CCCCO2)c(CNCCC2CCCCC2)c1. The van der Waals surface area contributed by atoms with Crippen LogP contribution in [-0.2, 0) is 11.3 Å². The molecule has 2 fully saturated rings. The van der Waals surface area contributed by atoms with Crippen molar-refractivity contribution >= 4 is 12.4 Å². The highest BCUT2D eigenvalue weighted by Gasteiger charge is 2.15. The predicted octanol–water partition coefficient (Wildman–Crippen LogP) is 5.75. The van der Waals surface area contributed by atoms with E-state index in [4.69, 9.17) is 9.47 Å². The number of benzene rings is 1. The van der Waals surface area contributed by atoms with Gasteiger partial charge in [0.15, 0.2) is 0 Å². The lowest BCUT2D eigenvalue weighted by Gasteiger charge is -2.23. The van der Waals surface area contributed by atoms with Gasteiger partial charge in [0.25, 0.3) is 0 Å². The Bertz CT molecular complexity index is 471. The molecule has 0 amide bonds. The Morgan fingerprint density at radius 1 is 1.00 bits per heavy atom. The molecule has 1 unspecified atom stereocenters. The Kier molecular flexibility index (Phi) is 12.0. The van der Waals surface area contributed by atoms with Gasteiger partial charge in [-0.05, 0) is 44.2 Å². The van der Waals surface area contributed by atoms with Gasteiger partial charge in [-0.1, -0.05) is 57.7 Å². The van der Waals surface area contributed by atoms with Crippen molar-refractivity contribution in [1.82, 2.24) is 5.32 Å². The van der Waals surface area contributed by atoms with Gasteiger partial charge in [0.2, 0.25) is 0 Å². The largest absolute Gasteiger partial charge is 0.491 e. The molecule has 3 rings (SSSR count). The maximum absolute atomic E-state index is 6.06. The average Bonchev–Trinajstić information content (AvgIpc) is 2.66. The van der Waals surface area contributed by atoms with Gasteiger partial charge in [0.1, 0.15) is 12.4 Å². The summed E-state index contributed by atoms with van der Waals surface area (Å²) in [6.45, 7) is 3.58. The molecular formula is C22H38ClNO2. The van der Waals surface area contributed by atoms with Crippen LogP contribution in [0.2, 0.25) is 0 Å². The molecule has 4 heteroatoms. The average molecular weight is 384 g/mol. The van der Waals surface area contributed by atoms with Crippen LogP contribution in [0.15, 0.2) is 24.3 Å². The highest BCUT2D eigenvalue weighted by Crippen LogP contribution is 2.26. The van der Waals surface area contributed by atoms with E-state index in [1.54, 1.807) is 0 Å². The number of para-hydroxylation sites is 1. The van der Waals surface area contributed by atoms with Crippen LogP contribution in [0.3, 0.4) is 0 Å². The minimum absolute atomic E-state index is 0. The predicted molar refractivity (Wildman–Crippen MR) is 112 cm³/mol. The summed E-state index contributed by atoms with van der Waals surface area (Å²) in [5.74, 6) is 1.96. The van der Waals surface area contributed by atoms with Crippen molar-refractivity contribution in [3.63, 3.8) is 0 Å². The van der Waals surface area contributed by atoms with Gasteiger partial charge in [-0.25, -0.2) is 0 Å². The zero-order chi connectivity index (χ0) is 16.5. The monoisotopic (exact) mass is 383 g/mol. The molecule has 150 valence electrons. The maximum Gasteiger partial charge on any atom is 0.123 e. The van der Waals surface area contributed by atoms with Crippen molar-refractivity contribution in [1.29, 1.82) is 0 Å². The maximum atomic E-state index is 6.06. The number of nitrogens with one attached hydrogen (secondary N) is 1. The first-order valence-electron chi connectivity index (χ1n) is 9.95. The molecule has 0 spiro atoms. The van der Waals surface area contributed by atoms with Crippen LogP contribution in [0.25, 0.3) is 0 Å². The molecule has 1 aromatic carbocycles. The van der Waals surface area contributed by atoms with Gasteiger partial charge in [0, 0.05) is 18.7 Å². The van der Waals surface area contributed by atoms with Crippen LogP contribution < -0.4 is 10.1 Å². The van der Waals surface area contributed by atoms with E-state index in [1.807, 2.05) is 0 Å². The van der Waals surface area contributed by atoms with Crippen molar-refractivity contribution in [2.45, 2.75) is 77.9 Å². The number of halogens is 1. The highest BCUT2D eigenvalue weighted by atomic mass is 35.5. The fraction of sp³-hybridized carbons (Fsp3) is 0.727. The van der Waals surface area contributed by atoms with Crippen molar-refractivity contribution in [2.24, 2.45) is 5.92 Å². The molecule has 1 aliphatic carbocycles. The zero-order valence-corrected chi connectivity index (χ0v) is 16.2. The molecule has 0 aromatic heterocycles. The van der Waals surface area contributed by atoms with Gasteiger partial charge in [-0.15, -0.1) is 12.4 Å². The summed E-state index contributed by atoms with van der Waals surface area (Å²) >= 11 is 0. The molecule has 1 saturated heterocycles. The molecule has 1 aliphatic heterocycles. The first kappa shape index (κ1) is 23.3. The zero-order valence-electron chi connectivity index (χ0n) is 15.4. The van der Waals surface area contributed by atoms with E-state index < -0.39 is 0 Å². The lowest BCUT2D eigenvalue weighted by atomic mass is 9.87. The van der Waals surface area contributed by atoms with E-state index in [-0.39, 0.29) is 25.9 Å². The Hall–Kier alpha value is -0.770. The molecule has 26 heavy (non-hydrogen) atoms. The van der Waals surface area contributed by atoms with E-state index in [0.29, 0.717) is 6.61 Å². The number of ether oxygens (including phenoxy) is 2. The third kappa shape index (κ3) is 7.85. The van der Waals surface area contributed by atoms with E-state index >= 15 is 0 Å². The van der Waals surface area contributed by atoms with Gasteiger partial charge in [0.05, 0.1) is 6.10 Å². The fourth-order valence-electron chi connectivity index (χ4n) is 3.92. The fourth-order valence-corrected chi connectivity index (χ4v) is 3.92. The molecule has 1 atom stereocenters. The number of hydrogen-bond donors (Lipinski definition) is 1. The molecule has 0 radical (unpaired) electrons. The third-order valence-electron chi connectivity index (χ3n) is 5.44. The number of hydrogen-bond acceptors (Lipinski definition) is 3. The molecule has 0 bridgehead atoms. The minimum Gasteiger partial charge on any atom is -0.491 e. The van der Waals surface area contributed by atoms with E-state index in [0.717, 1.165) is 37.8 Å². The van der Waals surface area contributed by atoms with Crippen molar-refractivity contribution < 1.29 is 9.47 Å². The number of rotatable bonds is 8. The van der Waals surface area contributed by atoms with Gasteiger partial charge in [-0.2, -0.15) is 0 Å². The second-order valence-electron chi connectivity index (χ2n) is 7.38. The molecule has 2 aliphatic rings. The van der Waals surface area contributed by atoms with E-state index in [9.17, 15) is 0 Å². The van der Waals surface area contributed by atoms with Crippen LogP contribution in [0, 0.1) is 5.92 Å². The van der Waals surface area contributed by atoms with Crippen LogP contribution in [-0.4, -0.2) is 25.9 Å². The van der Waals surface area contributed by atoms with E-state index in [1.165, 1.54) is 56.9 Å². The second-order valence-corrected chi connectivity index (χ2v) is 7.38. The highest BCUT2D eigenvalue weighted by molar-refractivity contribution is 5.85. The van der Waals surface area contributed by atoms with Gasteiger partial charge >= 0.3 is 0 Å². The Labute approximate surface area is 166 Å². The van der Waals surface area contributed by atoms with Crippen LogP contribution >= 0.6 is 12.4 Å². The van der Waals surface area contributed by atoms with Crippen molar-refractivity contribution in [3.8, 4) is 5.75 Å². The van der Waals surface area contributed by atoms with Crippen LogP contribution in [0.5, 0.6) is 5.75 Å². The summed E-state index contributed by atoms with van der Waals surface area (Å²) in [5, 5.41) is 3.62. The van der Waals surface area contributed by atoms with Crippen LogP contribution in [0.4, 0.5) is 0 Å². The summed E-state index contributed by atoms with van der Waals surface area (Å²) in [6.07, 6.45) is 12.4. The summed E-state index contributed by atoms with van der Waals surface area (Å²) < 4.78 is 11.8. The van der Waals surface area contributed by atoms with Crippen molar-refractivity contribution in [2.75, 3.05) is 19.8 Å². The molecule has 1 saturated carbocycles. The summed E-state index contributed by atoms with van der Waals surface area (Å²) in [4.78, 5) is 0. The summed E-state index contributed by atoms with van der Waals surface area (Å²) in [6, 6.07) is 8.41. The second kappa shape index (κ2) is 13.4. The van der Waals surface area contributed by atoms with Gasteiger partial charge < -0.3 is 14.8 Å². The molecular weight excluding hydrogens is 346 g/mol. The standard InChI is InChI=1S/C21H33NO2.CH4.ClH/c1-2-8-18(9-3-1)13-14-22-16-19-10-4-5-12-21(19)24-17-20-11-6-7-15-23-20;;/h4-5,10,12,18,20,22H,1-3,6-9,11,13-17H2;1H4;1H. The van der Waals surface area contributed by atoms with Crippen molar-refractivity contribution in [3.05, 3.63) is 29.8 Å². The molecule has 1 heterocycles. The van der Waals surface area contributed by atoms with Crippen LogP contribution in [0.1, 0.15) is 70.8 Å².